The fourth-order valence-corrected chi connectivity index (χ4v) is 2.64. The Morgan fingerprint density at radius 2 is 1.79 bits per heavy atom. The van der Waals surface area contributed by atoms with Gasteiger partial charge in [0.1, 0.15) is 6.07 Å². The van der Waals surface area contributed by atoms with Crippen molar-refractivity contribution >= 4 is 5.52 Å². The Hall–Kier alpha value is -2.53. The van der Waals surface area contributed by atoms with Crippen LogP contribution in [0, 0.1) is 25.2 Å². The van der Waals surface area contributed by atoms with Gasteiger partial charge in [0.2, 0.25) is 0 Å². The quantitative estimate of drug-likeness (QED) is 0.635. The first-order valence-electron chi connectivity index (χ1n) is 6.28. The largest absolute Gasteiger partial charge is 0.321 e. The van der Waals surface area contributed by atoms with E-state index in [1.807, 2.05) is 36.5 Å². The molecule has 2 nitrogen and oxygen atoms in total. The summed E-state index contributed by atoms with van der Waals surface area (Å²) in [6.45, 7) is 4.12. The van der Waals surface area contributed by atoms with E-state index >= 15 is 0 Å². The van der Waals surface area contributed by atoms with Crippen LogP contribution >= 0.6 is 0 Å². The molecule has 0 fully saturated rings. The van der Waals surface area contributed by atoms with Crippen LogP contribution in [-0.2, 0) is 0 Å². The predicted octanol–water partition coefficient (Wildman–Crippen LogP) is 4.09. The lowest BCUT2D eigenvalue weighted by Crippen LogP contribution is -1.88. The van der Waals surface area contributed by atoms with Crippen molar-refractivity contribution in [1.82, 2.24) is 4.40 Å². The van der Waals surface area contributed by atoms with Gasteiger partial charge in [-0.3, -0.25) is 0 Å². The number of benzene rings is 1. The van der Waals surface area contributed by atoms with Crippen molar-refractivity contribution in [2.45, 2.75) is 13.8 Å². The maximum Gasteiger partial charge on any atom is 0.102 e. The SMILES string of the molecule is Cc1cc(C)c2c(C#N)c(-c3ccccc3)cn2c1. The smallest absolute Gasteiger partial charge is 0.102 e. The molecule has 0 aliphatic heterocycles. The van der Waals surface area contributed by atoms with Gasteiger partial charge in [-0.05, 0) is 30.5 Å². The Morgan fingerprint density at radius 1 is 1.05 bits per heavy atom. The van der Waals surface area contributed by atoms with Crippen molar-refractivity contribution < 1.29 is 0 Å². The van der Waals surface area contributed by atoms with Crippen molar-refractivity contribution in [2.75, 3.05) is 0 Å². The Morgan fingerprint density at radius 3 is 2.47 bits per heavy atom. The van der Waals surface area contributed by atoms with Crippen molar-refractivity contribution in [3.05, 3.63) is 65.5 Å². The minimum Gasteiger partial charge on any atom is -0.321 e. The average molecular weight is 246 g/mol. The van der Waals surface area contributed by atoms with Gasteiger partial charge in [-0.2, -0.15) is 5.26 Å². The van der Waals surface area contributed by atoms with Crippen molar-refractivity contribution in [2.24, 2.45) is 0 Å². The second-order valence-electron chi connectivity index (χ2n) is 4.85. The molecule has 0 N–H and O–H groups in total. The first-order chi connectivity index (χ1) is 9.20. The molecule has 0 radical (unpaired) electrons. The topological polar surface area (TPSA) is 28.2 Å². The second kappa shape index (κ2) is 4.29. The first-order valence-corrected chi connectivity index (χ1v) is 6.28. The first kappa shape index (κ1) is 11.6. The summed E-state index contributed by atoms with van der Waals surface area (Å²) in [5.74, 6) is 0. The lowest BCUT2D eigenvalue weighted by Gasteiger charge is -2.02. The molecular formula is C17H14N2. The monoisotopic (exact) mass is 246 g/mol. The van der Waals surface area contributed by atoms with Crippen LogP contribution in [0.1, 0.15) is 16.7 Å². The molecule has 0 saturated carbocycles. The molecular weight excluding hydrogens is 232 g/mol. The summed E-state index contributed by atoms with van der Waals surface area (Å²) in [7, 11) is 0. The molecule has 0 amide bonds. The van der Waals surface area contributed by atoms with Gasteiger partial charge in [0.05, 0.1) is 11.1 Å². The molecule has 2 aromatic heterocycles. The van der Waals surface area contributed by atoms with Gasteiger partial charge in [-0.1, -0.05) is 36.4 Å². The molecule has 0 aliphatic carbocycles. The van der Waals surface area contributed by atoms with Gasteiger partial charge >= 0.3 is 0 Å². The third kappa shape index (κ3) is 1.80. The number of fused-ring (bicyclic) bond motifs is 1. The van der Waals surface area contributed by atoms with E-state index in [4.69, 9.17) is 0 Å². The van der Waals surface area contributed by atoms with Gasteiger partial charge in [0.25, 0.3) is 0 Å². The normalized spacial score (nSPS) is 10.6. The molecule has 0 bridgehead atoms. The fourth-order valence-electron chi connectivity index (χ4n) is 2.64. The molecule has 3 aromatic rings. The standard InChI is InChI=1S/C17H14N2/c1-12-8-13(2)17-15(9-18)16(11-19(17)10-12)14-6-4-3-5-7-14/h3-8,10-11H,1-2H3. The van der Waals surface area contributed by atoms with E-state index in [0.29, 0.717) is 0 Å². The lowest BCUT2D eigenvalue weighted by atomic mass is 10.0. The van der Waals surface area contributed by atoms with Crippen molar-refractivity contribution in [1.29, 1.82) is 5.26 Å². The summed E-state index contributed by atoms with van der Waals surface area (Å²) in [6, 6.07) is 14.5. The van der Waals surface area contributed by atoms with Gasteiger partial charge in [-0.25, -0.2) is 0 Å². The highest BCUT2D eigenvalue weighted by atomic mass is 14.9. The van der Waals surface area contributed by atoms with E-state index in [9.17, 15) is 5.26 Å². The predicted molar refractivity (Wildman–Crippen MR) is 77.0 cm³/mol. The minimum atomic E-state index is 0.753. The van der Waals surface area contributed by atoms with E-state index in [0.717, 1.165) is 27.8 Å². The van der Waals surface area contributed by atoms with Crippen LogP contribution in [0.15, 0.2) is 48.8 Å². The average Bonchev–Trinajstić information content (AvgIpc) is 2.78. The number of aryl methyl sites for hydroxylation is 2. The van der Waals surface area contributed by atoms with Crippen LogP contribution in [-0.4, -0.2) is 4.40 Å². The zero-order valence-corrected chi connectivity index (χ0v) is 11.0. The highest BCUT2D eigenvalue weighted by Gasteiger charge is 2.13. The highest BCUT2D eigenvalue weighted by molar-refractivity contribution is 5.82. The molecule has 0 unspecified atom stereocenters. The van der Waals surface area contributed by atoms with Crippen molar-refractivity contribution in [3.8, 4) is 17.2 Å². The van der Waals surface area contributed by atoms with Crippen LogP contribution in [0.5, 0.6) is 0 Å². The molecule has 0 saturated heterocycles. The zero-order valence-electron chi connectivity index (χ0n) is 11.0. The van der Waals surface area contributed by atoms with Crippen LogP contribution in [0.4, 0.5) is 0 Å². The Balaban J connectivity index is 2.39. The molecule has 92 valence electrons. The summed E-state index contributed by atoms with van der Waals surface area (Å²) < 4.78 is 2.06. The van der Waals surface area contributed by atoms with Crippen molar-refractivity contribution in [3.63, 3.8) is 0 Å². The van der Waals surface area contributed by atoms with Crippen LogP contribution < -0.4 is 0 Å². The zero-order chi connectivity index (χ0) is 13.4. The van der Waals surface area contributed by atoms with E-state index in [-0.39, 0.29) is 0 Å². The van der Waals surface area contributed by atoms with Crippen LogP contribution in [0.3, 0.4) is 0 Å². The number of hydrogen-bond acceptors (Lipinski definition) is 1. The third-order valence-corrected chi connectivity index (χ3v) is 3.39. The third-order valence-electron chi connectivity index (χ3n) is 3.39. The molecule has 3 rings (SSSR count). The molecule has 2 heteroatoms. The summed E-state index contributed by atoms with van der Waals surface area (Å²) in [6.07, 6.45) is 4.11. The number of nitrogens with zero attached hydrogens (tertiary/aromatic N) is 2. The molecule has 0 atom stereocenters. The van der Waals surface area contributed by atoms with Gasteiger partial charge in [0.15, 0.2) is 0 Å². The molecule has 2 heterocycles. The van der Waals surface area contributed by atoms with Gasteiger partial charge in [-0.15, -0.1) is 0 Å². The Bertz CT molecular complexity index is 789. The van der Waals surface area contributed by atoms with Gasteiger partial charge < -0.3 is 4.40 Å². The highest BCUT2D eigenvalue weighted by Crippen LogP contribution is 2.30. The summed E-state index contributed by atoms with van der Waals surface area (Å²) in [5, 5.41) is 9.50. The fraction of sp³-hybridized carbons (Fsp3) is 0.118. The van der Waals surface area contributed by atoms with Gasteiger partial charge in [0, 0.05) is 18.0 Å². The number of hydrogen-bond donors (Lipinski definition) is 0. The van der Waals surface area contributed by atoms with E-state index in [1.165, 1.54) is 5.56 Å². The summed E-state index contributed by atoms with van der Waals surface area (Å²) in [4.78, 5) is 0. The Labute approximate surface area is 112 Å². The molecule has 0 spiro atoms. The van der Waals surface area contributed by atoms with E-state index < -0.39 is 0 Å². The van der Waals surface area contributed by atoms with Crippen LogP contribution in [0.25, 0.3) is 16.6 Å². The number of nitriles is 1. The second-order valence-corrected chi connectivity index (χ2v) is 4.85. The molecule has 0 aliphatic rings. The lowest BCUT2D eigenvalue weighted by molar-refractivity contribution is 1.15. The molecule has 19 heavy (non-hydrogen) atoms. The maximum absolute atomic E-state index is 9.50. The van der Waals surface area contributed by atoms with E-state index in [1.54, 1.807) is 0 Å². The van der Waals surface area contributed by atoms with E-state index in [2.05, 4.69) is 36.6 Å². The summed E-state index contributed by atoms with van der Waals surface area (Å²) in [5.41, 5.74) is 6.18. The maximum atomic E-state index is 9.50. The number of pyridine rings is 1. The van der Waals surface area contributed by atoms with Crippen LogP contribution in [0.2, 0.25) is 0 Å². The number of rotatable bonds is 1. The Kier molecular flexibility index (Phi) is 2.61. The minimum absolute atomic E-state index is 0.753. The summed E-state index contributed by atoms with van der Waals surface area (Å²) >= 11 is 0. The molecule has 1 aromatic carbocycles. The number of aromatic nitrogens is 1.